The number of halogens is 3. The maximum atomic E-state index is 12.8. The normalized spacial score (nSPS) is 17.0. The van der Waals surface area contributed by atoms with Crippen LogP contribution in [0.15, 0.2) is 29.5 Å². The predicted molar refractivity (Wildman–Crippen MR) is 127 cm³/mol. The van der Waals surface area contributed by atoms with Crippen LogP contribution in [-0.4, -0.2) is 45.9 Å². The Hall–Kier alpha value is -3.03. The van der Waals surface area contributed by atoms with Gasteiger partial charge in [-0.15, -0.1) is 11.3 Å². The number of benzene rings is 1. The largest absolute Gasteiger partial charge is 0.393 e. The third-order valence-electron chi connectivity index (χ3n) is 6.44. The van der Waals surface area contributed by atoms with Gasteiger partial charge in [-0.1, -0.05) is 12.1 Å². The van der Waals surface area contributed by atoms with Gasteiger partial charge in [0.15, 0.2) is 0 Å². The Labute approximate surface area is 199 Å². The van der Waals surface area contributed by atoms with Crippen molar-refractivity contribution in [3.63, 3.8) is 0 Å². The van der Waals surface area contributed by atoms with Crippen LogP contribution in [-0.2, 0) is 19.4 Å². The van der Waals surface area contributed by atoms with Gasteiger partial charge in [0, 0.05) is 37.0 Å². The minimum absolute atomic E-state index is 0.198. The summed E-state index contributed by atoms with van der Waals surface area (Å²) in [6, 6.07) is 8.13. The van der Waals surface area contributed by atoms with Crippen LogP contribution in [0.2, 0.25) is 0 Å². The second-order valence-corrected chi connectivity index (χ2v) is 9.96. The van der Waals surface area contributed by atoms with Crippen molar-refractivity contribution in [2.24, 2.45) is 4.99 Å². The number of nitriles is 1. The number of hydrogen-bond acceptors (Lipinski definition) is 7. The number of aliphatic imine (C=N–C) groups is 1. The van der Waals surface area contributed by atoms with Crippen molar-refractivity contribution in [3.8, 4) is 6.07 Å². The van der Waals surface area contributed by atoms with Gasteiger partial charge in [0.1, 0.15) is 28.8 Å². The number of fused-ring (bicyclic) bond motifs is 2. The summed E-state index contributed by atoms with van der Waals surface area (Å²) in [5.74, 6) is 0.605. The maximum absolute atomic E-state index is 12.8. The lowest BCUT2D eigenvalue weighted by Crippen LogP contribution is -2.39. The molecule has 2 aliphatic heterocycles. The first-order chi connectivity index (χ1) is 16.3. The summed E-state index contributed by atoms with van der Waals surface area (Å²) in [5, 5.41) is 13.2. The smallest absolute Gasteiger partial charge is 0.367 e. The van der Waals surface area contributed by atoms with Crippen molar-refractivity contribution in [2.45, 2.75) is 51.4 Å². The highest BCUT2D eigenvalue weighted by Crippen LogP contribution is 2.35. The molecule has 6 nitrogen and oxygen atoms in total. The van der Waals surface area contributed by atoms with Gasteiger partial charge in [0.05, 0.1) is 17.5 Å². The average Bonchev–Trinajstić information content (AvgIpc) is 3.40. The summed E-state index contributed by atoms with van der Waals surface area (Å²) in [4.78, 5) is 16.2. The van der Waals surface area contributed by atoms with E-state index in [0.717, 1.165) is 60.6 Å². The maximum Gasteiger partial charge on any atom is 0.393 e. The van der Waals surface area contributed by atoms with Crippen LogP contribution in [0, 0.1) is 18.3 Å². The molecule has 176 valence electrons. The molecular formula is C24H23F3N6S. The number of alkyl halides is 3. The molecule has 1 N–H and O–H groups in total. The third-order valence-corrected chi connectivity index (χ3v) is 7.48. The van der Waals surface area contributed by atoms with Crippen LogP contribution in [0.5, 0.6) is 0 Å². The van der Waals surface area contributed by atoms with E-state index in [1.807, 2.05) is 0 Å². The molecule has 0 aliphatic carbocycles. The fourth-order valence-corrected chi connectivity index (χ4v) is 5.69. The van der Waals surface area contributed by atoms with E-state index >= 15 is 0 Å². The summed E-state index contributed by atoms with van der Waals surface area (Å²) in [6.07, 6.45) is -1.35. The summed E-state index contributed by atoms with van der Waals surface area (Å²) in [7, 11) is 0. The number of nitrogens with one attached hydrogen (secondary N) is 1. The zero-order valence-corrected chi connectivity index (χ0v) is 19.4. The Morgan fingerprint density at radius 2 is 2.03 bits per heavy atom. The van der Waals surface area contributed by atoms with Gasteiger partial charge in [0.2, 0.25) is 0 Å². The lowest BCUT2D eigenvalue weighted by Gasteiger charge is -2.33. The lowest BCUT2D eigenvalue weighted by atomic mass is 9.99. The molecule has 0 radical (unpaired) electrons. The molecule has 0 unspecified atom stereocenters. The molecule has 5 rings (SSSR count). The monoisotopic (exact) mass is 484 g/mol. The molecular weight excluding hydrogens is 461 g/mol. The number of thiophene rings is 1. The van der Waals surface area contributed by atoms with Crippen molar-refractivity contribution in [1.29, 1.82) is 5.26 Å². The summed E-state index contributed by atoms with van der Waals surface area (Å²) < 4.78 is 38.4. The van der Waals surface area contributed by atoms with Crippen LogP contribution in [0.3, 0.4) is 0 Å². The van der Waals surface area contributed by atoms with Gasteiger partial charge >= 0.3 is 6.18 Å². The van der Waals surface area contributed by atoms with Gasteiger partial charge in [-0.25, -0.2) is 15.0 Å². The average molecular weight is 485 g/mol. The first kappa shape index (κ1) is 22.7. The van der Waals surface area contributed by atoms with Gasteiger partial charge in [-0.3, -0.25) is 4.90 Å². The zero-order valence-electron chi connectivity index (χ0n) is 18.6. The second-order valence-electron chi connectivity index (χ2n) is 8.85. The van der Waals surface area contributed by atoms with Gasteiger partial charge in [-0.05, 0) is 42.5 Å². The number of rotatable bonds is 5. The molecule has 1 fully saturated rings. The number of piperidine rings is 1. The number of aromatic nitrogens is 2. The van der Waals surface area contributed by atoms with Gasteiger partial charge < -0.3 is 5.32 Å². The first-order valence-corrected chi connectivity index (χ1v) is 12.0. The summed E-state index contributed by atoms with van der Waals surface area (Å²) >= 11 is 1.07. The molecule has 1 saturated heterocycles. The molecule has 0 bridgehead atoms. The van der Waals surface area contributed by atoms with E-state index in [0.29, 0.717) is 28.2 Å². The minimum Gasteiger partial charge on any atom is -0.367 e. The SMILES string of the molecule is Cc1c(CN2CCC(Nc3ncnc4sc(CC(F)(F)F)cc34)CC2)ccc2c1N=C(C#N)C2. The van der Waals surface area contributed by atoms with Crippen LogP contribution >= 0.6 is 11.3 Å². The van der Waals surface area contributed by atoms with E-state index in [1.165, 1.54) is 11.9 Å². The predicted octanol–water partition coefficient (Wildman–Crippen LogP) is 5.33. The van der Waals surface area contributed by atoms with E-state index in [1.54, 1.807) is 6.07 Å². The molecule has 0 spiro atoms. The Kier molecular flexibility index (Phi) is 6.00. The highest BCUT2D eigenvalue weighted by atomic mass is 32.1. The van der Waals surface area contributed by atoms with Crippen LogP contribution in [0.1, 0.15) is 34.4 Å². The van der Waals surface area contributed by atoms with Crippen molar-refractivity contribution in [3.05, 3.63) is 46.1 Å². The molecule has 2 aliphatic rings. The van der Waals surface area contributed by atoms with Crippen molar-refractivity contribution >= 4 is 38.8 Å². The Morgan fingerprint density at radius 1 is 1.24 bits per heavy atom. The second kappa shape index (κ2) is 8.96. The molecule has 34 heavy (non-hydrogen) atoms. The Morgan fingerprint density at radius 3 is 2.76 bits per heavy atom. The number of likely N-dealkylation sites (tertiary alicyclic amines) is 1. The van der Waals surface area contributed by atoms with Crippen LogP contribution in [0.25, 0.3) is 10.2 Å². The molecule has 4 heterocycles. The van der Waals surface area contributed by atoms with E-state index in [9.17, 15) is 13.2 Å². The van der Waals surface area contributed by atoms with E-state index in [4.69, 9.17) is 5.26 Å². The molecule has 2 aromatic heterocycles. The molecule has 0 saturated carbocycles. The number of hydrogen-bond donors (Lipinski definition) is 1. The number of nitrogens with zero attached hydrogens (tertiary/aromatic N) is 5. The topological polar surface area (TPSA) is 77.2 Å². The lowest BCUT2D eigenvalue weighted by molar-refractivity contribution is -0.126. The Balaban J connectivity index is 1.22. The molecule has 0 atom stereocenters. The highest BCUT2D eigenvalue weighted by Gasteiger charge is 2.29. The zero-order chi connectivity index (χ0) is 23.9. The van der Waals surface area contributed by atoms with Crippen molar-refractivity contribution < 1.29 is 13.2 Å². The minimum atomic E-state index is -4.24. The fraction of sp³-hybridized carbons (Fsp3) is 0.417. The standard InChI is InChI=1S/C24H23F3N6S/c1-14-16(3-2-15-8-18(11-28)31-21(14)15)12-33-6-4-17(5-7-33)32-22-20-9-19(10-24(25,26)27)34-23(20)30-13-29-22/h2-3,9,13,17H,4-8,10,12H2,1H3,(H,29,30,32). The van der Waals surface area contributed by atoms with Crippen molar-refractivity contribution in [2.75, 3.05) is 18.4 Å². The van der Waals surface area contributed by atoms with Gasteiger partial charge in [0.25, 0.3) is 0 Å². The molecule has 3 aromatic rings. The van der Waals surface area contributed by atoms with E-state index < -0.39 is 12.6 Å². The van der Waals surface area contributed by atoms with E-state index in [-0.39, 0.29) is 10.9 Å². The van der Waals surface area contributed by atoms with Crippen LogP contribution in [0.4, 0.5) is 24.7 Å². The van der Waals surface area contributed by atoms with E-state index in [2.05, 4.69) is 50.3 Å². The third kappa shape index (κ3) is 4.76. The van der Waals surface area contributed by atoms with Gasteiger partial charge in [-0.2, -0.15) is 18.4 Å². The van der Waals surface area contributed by atoms with Crippen molar-refractivity contribution in [1.82, 2.24) is 14.9 Å². The number of anilines is 1. The molecule has 0 amide bonds. The Bertz CT molecular complexity index is 1300. The quantitative estimate of drug-likeness (QED) is 0.530. The molecule has 10 heteroatoms. The fourth-order valence-electron chi connectivity index (χ4n) is 4.66. The first-order valence-electron chi connectivity index (χ1n) is 11.2. The summed E-state index contributed by atoms with van der Waals surface area (Å²) in [6.45, 7) is 4.70. The van der Waals surface area contributed by atoms with Crippen LogP contribution < -0.4 is 5.32 Å². The highest BCUT2D eigenvalue weighted by molar-refractivity contribution is 7.18. The summed E-state index contributed by atoms with van der Waals surface area (Å²) in [5.41, 5.74) is 4.99. The molecule has 1 aromatic carbocycles.